The van der Waals surface area contributed by atoms with E-state index in [4.69, 9.17) is 0 Å². The van der Waals surface area contributed by atoms with Crippen LogP contribution in [0, 0.1) is 0 Å². The quantitative estimate of drug-likeness (QED) is 0.472. The zero-order valence-corrected chi connectivity index (χ0v) is 4.38. The highest BCUT2D eigenvalue weighted by molar-refractivity contribution is 9.19. The molecule has 31 valence electrons. The molecule has 1 heterocycles. The first-order chi connectivity index (χ1) is 2.89. The first kappa shape index (κ1) is 3.80. The predicted molar refractivity (Wildman–Crippen MR) is 27.0 cm³/mol. The van der Waals surface area contributed by atoms with Crippen molar-refractivity contribution in [2.24, 2.45) is 10.2 Å². The van der Waals surface area contributed by atoms with E-state index in [0.717, 1.165) is 0 Å². The van der Waals surface area contributed by atoms with Crippen molar-refractivity contribution < 1.29 is 0 Å². The van der Waals surface area contributed by atoms with Crippen molar-refractivity contribution >= 4 is 26.8 Å². The molecule has 1 aliphatic heterocycles. The summed E-state index contributed by atoms with van der Waals surface area (Å²) in [5.74, 6) is 0. The first-order valence-corrected chi connectivity index (χ1v) is 2.15. The standard InChI is InChI=1S/C2HBrN3/c3-2-1-4-6-5-2/h1H. The van der Waals surface area contributed by atoms with Gasteiger partial charge in [0.05, 0.1) is 6.21 Å². The Balaban J connectivity index is 2.68. The predicted octanol–water partition coefficient (Wildman–Crippen LogP) is 0.299. The molecular formula is C2HBrN3. The van der Waals surface area contributed by atoms with E-state index >= 15 is 0 Å². The van der Waals surface area contributed by atoms with Crippen molar-refractivity contribution in [2.75, 3.05) is 0 Å². The number of halogens is 1. The van der Waals surface area contributed by atoms with Gasteiger partial charge in [0.2, 0.25) is 0 Å². The van der Waals surface area contributed by atoms with E-state index in [1.54, 1.807) is 0 Å². The van der Waals surface area contributed by atoms with Crippen molar-refractivity contribution in [2.45, 2.75) is 0 Å². The van der Waals surface area contributed by atoms with Gasteiger partial charge < -0.3 is 0 Å². The summed E-state index contributed by atoms with van der Waals surface area (Å²) in [5, 5.41) is 6.89. The fraction of sp³-hybridized carbons (Fsp3) is 0. The highest BCUT2D eigenvalue weighted by atomic mass is 79.9. The van der Waals surface area contributed by atoms with E-state index in [0.29, 0.717) is 4.62 Å². The molecule has 0 aliphatic carbocycles. The lowest BCUT2D eigenvalue weighted by atomic mass is 10.8. The van der Waals surface area contributed by atoms with Crippen molar-refractivity contribution in [3.05, 3.63) is 0 Å². The lowest BCUT2D eigenvalue weighted by Crippen LogP contribution is -1.76. The van der Waals surface area contributed by atoms with Crippen LogP contribution >= 0.6 is 15.9 Å². The smallest absolute Gasteiger partial charge is 0.136 e. The van der Waals surface area contributed by atoms with E-state index in [2.05, 4.69) is 31.7 Å². The zero-order valence-electron chi connectivity index (χ0n) is 2.80. The number of hydrogen-bond acceptors (Lipinski definition) is 2. The van der Waals surface area contributed by atoms with Crippen LogP contribution in [0.1, 0.15) is 0 Å². The Bertz CT molecular complexity index is 103. The van der Waals surface area contributed by atoms with Gasteiger partial charge in [-0.1, -0.05) is 0 Å². The summed E-state index contributed by atoms with van der Waals surface area (Å²) in [6.45, 7) is 0. The summed E-state index contributed by atoms with van der Waals surface area (Å²) in [6, 6.07) is 0. The number of rotatable bonds is 0. The second kappa shape index (κ2) is 1.38. The third-order valence-electron chi connectivity index (χ3n) is 0.356. The minimum absolute atomic E-state index is 0.683. The monoisotopic (exact) mass is 146 g/mol. The van der Waals surface area contributed by atoms with Crippen LogP contribution in [0.15, 0.2) is 10.2 Å². The van der Waals surface area contributed by atoms with Gasteiger partial charge in [0, 0.05) is 0 Å². The molecule has 0 fully saturated rings. The van der Waals surface area contributed by atoms with Gasteiger partial charge in [0.1, 0.15) is 0 Å². The molecular weight excluding hydrogens is 146 g/mol. The molecule has 0 atom stereocenters. The topological polar surface area (TPSA) is 38.8 Å². The molecule has 0 aromatic heterocycles. The van der Waals surface area contributed by atoms with Crippen LogP contribution in [0.3, 0.4) is 0 Å². The fourth-order valence-corrected chi connectivity index (χ4v) is 0.330. The maximum absolute atomic E-state index is 3.47. The molecule has 0 N–H and O–H groups in total. The molecule has 0 saturated carbocycles. The van der Waals surface area contributed by atoms with Crippen molar-refractivity contribution in [3.63, 3.8) is 0 Å². The molecule has 0 aromatic carbocycles. The Labute approximate surface area is 43.2 Å². The number of nitrogens with zero attached hydrogens (tertiary/aromatic N) is 3. The van der Waals surface area contributed by atoms with Crippen LogP contribution in [-0.4, -0.2) is 10.8 Å². The highest BCUT2D eigenvalue weighted by Crippen LogP contribution is 1.89. The van der Waals surface area contributed by atoms with E-state index in [1.807, 2.05) is 0 Å². The molecule has 1 aliphatic rings. The van der Waals surface area contributed by atoms with Crippen LogP contribution in [0.25, 0.3) is 0 Å². The van der Waals surface area contributed by atoms with Crippen LogP contribution in [0.5, 0.6) is 0 Å². The van der Waals surface area contributed by atoms with Gasteiger partial charge in [-0.15, -0.1) is 10.2 Å². The summed E-state index contributed by atoms with van der Waals surface area (Å²) < 4.78 is 0.683. The molecule has 6 heavy (non-hydrogen) atoms. The van der Waals surface area contributed by atoms with Crippen LogP contribution in [-0.2, 0) is 0 Å². The fourth-order valence-electron chi connectivity index (χ4n) is 0.168. The molecule has 4 heteroatoms. The summed E-state index contributed by atoms with van der Waals surface area (Å²) in [6.07, 6.45) is 1.53. The van der Waals surface area contributed by atoms with E-state index in [1.165, 1.54) is 6.21 Å². The van der Waals surface area contributed by atoms with Gasteiger partial charge in [0.15, 0.2) is 4.62 Å². The minimum atomic E-state index is 0.683. The Kier molecular flexibility index (Phi) is 0.874. The molecule has 0 spiro atoms. The lowest BCUT2D eigenvalue weighted by molar-refractivity contribution is 0.815. The molecule has 1 rings (SSSR count). The largest absolute Gasteiger partial charge is 0.150 e. The summed E-state index contributed by atoms with van der Waals surface area (Å²) >= 11 is 3.05. The second-order valence-corrected chi connectivity index (χ2v) is 1.57. The summed E-state index contributed by atoms with van der Waals surface area (Å²) in [5.41, 5.74) is 3.27. The van der Waals surface area contributed by atoms with Gasteiger partial charge in [-0.2, -0.15) is 0 Å². The highest BCUT2D eigenvalue weighted by Gasteiger charge is 1.91. The maximum Gasteiger partial charge on any atom is 0.150 e. The second-order valence-electron chi connectivity index (χ2n) is 0.757. The Hall–Kier alpha value is -0.380. The third-order valence-corrected chi connectivity index (χ3v) is 0.720. The average Bonchev–Trinajstić information content (AvgIpc) is 1.86. The molecule has 1 radical (unpaired) electrons. The minimum Gasteiger partial charge on any atom is -0.136 e. The van der Waals surface area contributed by atoms with Crippen LogP contribution in [0.2, 0.25) is 0 Å². The average molecular weight is 147 g/mol. The molecule has 0 amide bonds. The van der Waals surface area contributed by atoms with Crippen LogP contribution < -0.4 is 5.53 Å². The van der Waals surface area contributed by atoms with Gasteiger partial charge in [-0.05, 0) is 21.5 Å². The Morgan fingerprint density at radius 3 is 2.67 bits per heavy atom. The number of hydrogen-bond donors (Lipinski definition) is 0. The maximum atomic E-state index is 3.47. The van der Waals surface area contributed by atoms with E-state index in [-0.39, 0.29) is 0 Å². The molecule has 0 unspecified atom stereocenters. The van der Waals surface area contributed by atoms with Crippen LogP contribution in [0.4, 0.5) is 0 Å². The van der Waals surface area contributed by atoms with Gasteiger partial charge in [-0.3, -0.25) is 0 Å². The van der Waals surface area contributed by atoms with Gasteiger partial charge >= 0.3 is 0 Å². The molecule has 0 saturated heterocycles. The lowest BCUT2D eigenvalue weighted by Gasteiger charge is -1.64. The SMILES string of the molecule is BrC1=N[N]N=C1. The van der Waals surface area contributed by atoms with Crippen molar-refractivity contribution in [1.82, 2.24) is 5.53 Å². The molecule has 3 nitrogen and oxygen atoms in total. The molecule has 0 aromatic rings. The van der Waals surface area contributed by atoms with E-state index < -0.39 is 0 Å². The Morgan fingerprint density at radius 2 is 2.50 bits per heavy atom. The third kappa shape index (κ3) is 0.567. The van der Waals surface area contributed by atoms with Gasteiger partial charge in [0.25, 0.3) is 0 Å². The van der Waals surface area contributed by atoms with Crippen molar-refractivity contribution in [3.8, 4) is 0 Å². The Morgan fingerprint density at radius 1 is 1.67 bits per heavy atom. The summed E-state index contributed by atoms with van der Waals surface area (Å²) in [4.78, 5) is 0. The van der Waals surface area contributed by atoms with Crippen molar-refractivity contribution in [1.29, 1.82) is 0 Å². The van der Waals surface area contributed by atoms with Gasteiger partial charge in [-0.25, -0.2) is 0 Å². The normalized spacial score (nSPS) is 17.2. The first-order valence-electron chi connectivity index (χ1n) is 1.36. The molecule has 0 bridgehead atoms. The zero-order chi connectivity index (χ0) is 4.41. The summed E-state index contributed by atoms with van der Waals surface area (Å²) in [7, 11) is 0. The van der Waals surface area contributed by atoms with E-state index in [9.17, 15) is 0 Å².